The molecule has 1 fully saturated rings. The molecule has 2 unspecified atom stereocenters. The molecule has 0 saturated heterocycles. The van der Waals surface area contributed by atoms with E-state index in [0.29, 0.717) is 12.2 Å². The fourth-order valence-electron chi connectivity index (χ4n) is 3.45. The molecular weight excluding hydrogens is 220 g/mol. The van der Waals surface area contributed by atoms with Gasteiger partial charge >= 0.3 is 0 Å². The molecule has 0 bridgehead atoms. The van der Waals surface area contributed by atoms with Crippen LogP contribution in [0.15, 0.2) is 30.3 Å². The maximum absolute atomic E-state index is 12.1. The highest BCUT2D eigenvalue weighted by Crippen LogP contribution is 2.35. The molecule has 1 aromatic carbocycles. The Kier molecular flexibility index (Phi) is 4.57. The summed E-state index contributed by atoms with van der Waals surface area (Å²) >= 11 is 0. The Hall–Kier alpha value is -1.11. The van der Waals surface area contributed by atoms with Crippen LogP contribution in [0.3, 0.4) is 0 Å². The maximum atomic E-state index is 12.1. The molecule has 1 aromatic rings. The number of carbonyl (C=O) groups is 1. The highest BCUT2D eigenvalue weighted by molar-refractivity contribution is 5.95. The summed E-state index contributed by atoms with van der Waals surface area (Å²) in [5, 5.41) is 0. The lowest BCUT2D eigenvalue weighted by atomic mass is 9.75. The average Bonchev–Trinajstić information content (AvgIpc) is 2.36. The van der Waals surface area contributed by atoms with Gasteiger partial charge in [-0.3, -0.25) is 4.79 Å². The summed E-state index contributed by atoms with van der Waals surface area (Å²) in [5.74, 6) is 2.74. The summed E-state index contributed by atoms with van der Waals surface area (Å²) in [7, 11) is 0. The first-order valence-corrected chi connectivity index (χ1v) is 7.23. The van der Waals surface area contributed by atoms with Crippen LogP contribution in [0.25, 0.3) is 0 Å². The number of rotatable bonds is 4. The summed E-state index contributed by atoms with van der Waals surface area (Å²) in [5.41, 5.74) is 0.870. The molecule has 2 rings (SSSR count). The van der Waals surface area contributed by atoms with Gasteiger partial charge in [-0.2, -0.15) is 0 Å². The minimum atomic E-state index is 0.307. The molecule has 0 heterocycles. The van der Waals surface area contributed by atoms with E-state index in [1.807, 2.05) is 30.3 Å². The Bertz CT molecular complexity index is 372. The number of Topliss-reactive ketones (excluding diaryl/α,β-unsaturated/α-hetero) is 1. The molecule has 0 N–H and O–H groups in total. The van der Waals surface area contributed by atoms with Gasteiger partial charge in [0.15, 0.2) is 5.78 Å². The van der Waals surface area contributed by atoms with Gasteiger partial charge in [-0.1, -0.05) is 44.2 Å². The normalized spacial score (nSPS) is 28.0. The highest BCUT2D eigenvalue weighted by Gasteiger charge is 2.24. The van der Waals surface area contributed by atoms with E-state index in [1.165, 1.54) is 19.3 Å². The van der Waals surface area contributed by atoms with E-state index in [2.05, 4.69) is 13.8 Å². The van der Waals surface area contributed by atoms with Gasteiger partial charge < -0.3 is 0 Å². The fourth-order valence-corrected chi connectivity index (χ4v) is 3.45. The molecule has 0 aromatic heterocycles. The van der Waals surface area contributed by atoms with Crippen molar-refractivity contribution in [1.29, 1.82) is 0 Å². The van der Waals surface area contributed by atoms with Crippen molar-refractivity contribution in [3.05, 3.63) is 35.9 Å². The quantitative estimate of drug-likeness (QED) is 0.700. The van der Waals surface area contributed by atoms with Crippen molar-refractivity contribution in [3.8, 4) is 0 Å². The van der Waals surface area contributed by atoms with E-state index < -0.39 is 0 Å². The predicted octanol–water partition coefficient (Wildman–Crippen LogP) is 4.72. The lowest BCUT2D eigenvalue weighted by Gasteiger charge is -2.31. The van der Waals surface area contributed by atoms with Gasteiger partial charge in [0.25, 0.3) is 0 Å². The number of hydrogen-bond acceptors (Lipinski definition) is 1. The first kappa shape index (κ1) is 13.3. The fraction of sp³-hybridized carbons (Fsp3) is 0.588. The Morgan fingerprint density at radius 2 is 1.67 bits per heavy atom. The number of hydrogen-bond donors (Lipinski definition) is 0. The van der Waals surface area contributed by atoms with E-state index in [9.17, 15) is 4.79 Å². The SMILES string of the molecule is CC1CC(C)CC(CCC(=O)c2ccccc2)C1. The molecule has 0 spiro atoms. The zero-order chi connectivity index (χ0) is 13.0. The van der Waals surface area contributed by atoms with E-state index in [4.69, 9.17) is 0 Å². The summed E-state index contributed by atoms with van der Waals surface area (Å²) in [6, 6.07) is 9.69. The molecule has 1 heteroatoms. The van der Waals surface area contributed by atoms with Crippen LogP contribution in [-0.2, 0) is 0 Å². The van der Waals surface area contributed by atoms with Crippen LogP contribution in [0.1, 0.15) is 56.3 Å². The summed E-state index contributed by atoms with van der Waals surface area (Å²) < 4.78 is 0. The van der Waals surface area contributed by atoms with E-state index in [1.54, 1.807) is 0 Å². The Balaban J connectivity index is 1.83. The van der Waals surface area contributed by atoms with Crippen LogP contribution in [-0.4, -0.2) is 5.78 Å². The second-order valence-electron chi connectivity index (χ2n) is 6.11. The smallest absolute Gasteiger partial charge is 0.162 e. The molecule has 1 nitrogen and oxygen atoms in total. The van der Waals surface area contributed by atoms with E-state index in [0.717, 1.165) is 29.7 Å². The van der Waals surface area contributed by atoms with Gasteiger partial charge in [-0.15, -0.1) is 0 Å². The minimum Gasteiger partial charge on any atom is -0.294 e. The molecule has 0 amide bonds. The zero-order valence-corrected chi connectivity index (χ0v) is 11.6. The van der Waals surface area contributed by atoms with Gasteiger partial charge in [0.05, 0.1) is 0 Å². The standard InChI is InChI=1S/C17H24O/c1-13-10-14(2)12-15(11-13)8-9-17(18)16-6-4-3-5-7-16/h3-7,13-15H,8-12H2,1-2H3. The van der Waals surface area contributed by atoms with Gasteiger partial charge in [0.2, 0.25) is 0 Å². The van der Waals surface area contributed by atoms with Crippen LogP contribution < -0.4 is 0 Å². The Morgan fingerprint density at radius 1 is 1.06 bits per heavy atom. The zero-order valence-electron chi connectivity index (χ0n) is 11.6. The van der Waals surface area contributed by atoms with Gasteiger partial charge in [-0.05, 0) is 43.4 Å². The lowest BCUT2D eigenvalue weighted by Crippen LogP contribution is -2.20. The summed E-state index contributed by atoms with van der Waals surface area (Å²) in [6.07, 6.45) is 5.78. The largest absolute Gasteiger partial charge is 0.294 e. The lowest BCUT2D eigenvalue weighted by molar-refractivity contribution is 0.0962. The molecule has 18 heavy (non-hydrogen) atoms. The highest BCUT2D eigenvalue weighted by atomic mass is 16.1. The second kappa shape index (κ2) is 6.17. The molecule has 1 aliphatic carbocycles. The van der Waals surface area contributed by atoms with E-state index in [-0.39, 0.29) is 0 Å². The molecule has 0 aliphatic heterocycles. The Morgan fingerprint density at radius 3 is 2.28 bits per heavy atom. The Labute approximate surface area is 111 Å². The van der Waals surface area contributed by atoms with Crippen LogP contribution in [0.5, 0.6) is 0 Å². The van der Waals surface area contributed by atoms with Crippen LogP contribution in [0.4, 0.5) is 0 Å². The molecule has 0 radical (unpaired) electrons. The molecular formula is C17H24O. The van der Waals surface area contributed by atoms with E-state index >= 15 is 0 Å². The monoisotopic (exact) mass is 244 g/mol. The second-order valence-corrected chi connectivity index (χ2v) is 6.11. The van der Waals surface area contributed by atoms with Crippen molar-refractivity contribution in [1.82, 2.24) is 0 Å². The van der Waals surface area contributed by atoms with Gasteiger partial charge in [0.1, 0.15) is 0 Å². The van der Waals surface area contributed by atoms with Gasteiger partial charge in [0, 0.05) is 12.0 Å². The minimum absolute atomic E-state index is 0.307. The summed E-state index contributed by atoms with van der Waals surface area (Å²) in [6.45, 7) is 4.70. The number of benzene rings is 1. The third-order valence-corrected chi connectivity index (χ3v) is 4.15. The molecule has 2 atom stereocenters. The van der Waals surface area contributed by atoms with Gasteiger partial charge in [-0.25, -0.2) is 0 Å². The van der Waals surface area contributed by atoms with Crippen molar-refractivity contribution in [2.45, 2.75) is 46.0 Å². The van der Waals surface area contributed by atoms with Crippen molar-refractivity contribution in [2.75, 3.05) is 0 Å². The first-order chi connectivity index (χ1) is 8.65. The number of carbonyl (C=O) groups excluding carboxylic acids is 1. The molecule has 1 saturated carbocycles. The third-order valence-electron chi connectivity index (χ3n) is 4.15. The predicted molar refractivity (Wildman–Crippen MR) is 75.7 cm³/mol. The molecule has 1 aliphatic rings. The van der Waals surface area contributed by atoms with Crippen molar-refractivity contribution < 1.29 is 4.79 Å². The van der Waals surface area contributed by atoms with Crippen LogP contribution in [0.2, 0.25) is 0 Å². The van der Waals surface area contributed by atoms with Crippen molar-refractivity contribution >= 4 is 5.78 Å². The van der Waals surface area contributed by atoms with Crippen LogP contribution >= 0.6 is 0 Å². The third kappa shape index (κ3) is 3.69. The average molecular weight is 244 g/mol. The molecule has 98 valence electrons. The van der Waals surface area contributed by atoms with Crippen LogP contribution in [0, 0.1) is 17.8 Å². The first-order valence-electron chi connectivity index (χ1n) is 7.23. The summed E-state index contributed by atoms with van der Waals surface area (Å²) in [4.78, 5) is 12.1. The van der Waals surface area contributed by atoms with Crippen molar-refractivity contribution in [2.24, 2.45) is 17.8 Å². The maximum Gasteiger partial charge on any atom is 0.162 e. The topological polar surface area (TPSA) is 17.1 Å². The number of ketones is 1. The van der Waals surface area contributed by atoms with Crippen molar-refractivity contribution in [3.63, 3.8) is 0 Å².